The molecule has 2 rings (SSSR count). The van der Waals surface area contributed by atoms with Gasteiger partial charge in [0.2, 0.25) is 0 Å². The van der Waals surface area contributed by atoms with E-state index in [0.717, 1.165) is 9.13 Å². The van der Waals surface area contributed by atoms with E-state index >= 15 is 0 Å². The number of hydrogen-bond acceptors (Lipinski definition) is 3. The zero-order valence-corrected chi connectivity index (χ0v) is 14.0. The maximum absolute atomic E-state index is 12.1. The molecule has 0 atom stereocenters. The smallest absolute Gasteiger partial charge is 0.251 e. The topological polar surface area (TPSA) is 47.6 Å². The van der Waals surface area contributed by atoms with E-state index in [2.05, 4.69) is 27.9 Å². The molecular formula is C16H16INO3. The van der Waals surface area contributed by atoms with Gasteiger partial charge in [-0.1, -0.05) is 18.2 Å². The van der Waals surface area contributed by atoms with Crippen LogP contribution in [0.1, 0.15) is 15.9 Å². The number of nitrogens with one attached hydrogen (secondary N) is 1. The van der Waals surface area contributed by atoms with Crippen LogP contribution in [-0.2, 0) is 6.54 Å². The highest BCUT2D eigenvalue weighted by Crippen LogP contribution is 2.30. The van der Waals surface area contributed by atoms with Crippen molar-refractivity contribution in [2.75, 3.05) is 14.2 Å². The van der Waals surface area contributed by atoms with Crippen molar-refractivity contribution >= 4 is 28.5 Å². The number of hydrogen-bond donors (Lipinski definition) is 1. The lowest BCUT2D eigenvalue weighted by Gasteiger charge is -2.13. The van der Waals surface area contributed by atoms with Crippen LogP contribution >= 0.6 is 22.6 Å². The molecule has 1 amide bonds. The van der Waals surface area contributed by atoms with Gasteiger partial charge in [0, 0.05) is 21.2 Å². The summed E-state index contributed by atoms with van der Waals surface area (Å²) >= 11 is 2.18. The number of para-hydroxylation sites is 1. The summed E-state index contributed by atoms with van der Waals surface area (Å²) in [6.07, 6.45) is 0. The molecule has 4 nitrogen and oxygen atoms in total. The number of carbonyl (C=O) groups excluding carboxylic acids is 1. The summed E-state index contributed by atoms with van der Waals surface area (Å²) in [7, 11) is 3.18. The number of halogens is 1. The molecule has 0 radical (unpaired) electrons. The average molecular weight is 397 g/mol. The predicted molar refractivity (Wildman–Crippen MR) is 89.9 cm³/mol. The van der Waals surface area contributed by atoms with Crippen molar-refractivity contribution in [2.45, 2.75) is 6.54 Å². The molecule has 0 saturated carbocycles. The lowest BCUT2D eigenvalue weighted by Crippen LogP contribution is -2.23. The largest absolute Gasteiger partial charge is 0.493 e. The highest BCUT2D eigenvalue weighted by molar-refractivity contribution is 14.1. The van der Waals surface area contributed by atoms with Crippen molar-refractivity contribution in [1.29, 1.82) is 0 Å². The summed E-state index contributed by atoms with van der Waals surface area (Å²) < 4.78 is 11.6. The standard InChI is InChI=1S/C16H16INO3/c1-20-14-8-4-6-12(15(14)21-2)10-18-16(19)11-5-3-7-13(17)9-11/h3-9H,10H2,1-2H3,(H,18,19). The Morgan fingerprint density at radius 2 is 1.90 bits per heavy atom. The second kappa shape index (κ2) is 7.31. The molecule has 0 unspecified atom stereocenters. The first-order chi connectivity index (χ1) is 10.2. The van der Waals surface area contributed by atoms with E-state index in [9.17, 15) is 4.79 Å². The van der Waals surface area contributed by atoms with E-state index in [4.69, 9.17) is 9.47 Å². The zero-order chi connectivity index (χ0) is 15.2. The van der Waals surface area contributed by atoms with Gasteiger partial charge in [0.05, 0.1) is 14.2 Å². The third kappa shape index (κ3) is 3.87. The van der Waals surface area contributed by atoms with Crippen LogP contribution in [0.5, 0.6) is 11.5 Å². The van der Waals surface area contributed by atoms with Crippen LogP contribution in [0.4, 0.5) is 0 Å². The van der Waals surface area contributed by atoms with Crippen molar-refractivity contribution in [3.8, 4) is 11.5 Å². The van der Waals surface area contributed by atoms with Gasteiger partial charge in [-0.15, -0.1) is 0 Å². The molecule has 0 aromatic heterocycles. The first kappa shape index (κ1) is 15.6. The van der Waals surface area contributed by atoms with E-state index in [1.807, 2.05) is 36.4 Å². The number of ether oxygens (including phenoxy) is 2. The van der Waals surface area contributed by atoms with Crippen LogP contribution in [0, 0.1) is 3.57 Å². The second-order valence-electron chi connectivity index (χ2n) is 4.35. The minimum atomic E-state index is -0.113. The Bertz CT molecular complexity index is 643. The van der Waals surface area contributed by atoms with Gasteiger partial charge >= 0.3 is 0 Å². The molecule has 2 aromatic carbocycles. The maximum Gasteiger partial charge on any atom is 0.251 e. The van der Waals surface area contributed by atoms with Crippen molar-refractivity contribution in [3.05, 3.63) is 57.2 Å². The van der Waals surface area contributed by atoms with E-state index in [1.165, 1.54) is 0 Å². The Kier molecular flexibility index (Phi) is 5.44. The number of benzene rings is 2. The fourth-order valence-electron chi connectivity index (χ4n) is 2.00. The van der Waals surface area contributed by atoms with Gasteiger partial charge in [-0.05, 0) is 46.9 Å². The lowest BCUT2D eigenvalue weighted by molar-refractivity contribution is 0.0950. The molecule has 0 aliphatic rings. The molecule has 0 fully saturated rings. The molecule has 0 aliphatic heterocycles. The second-order valence-corrected chi connectivity index (χ2v) is 5.59. The van der Waals surface area contributed by atoms with Gasteiger partial charge in [0.15, 0.2) is 11.5 Å². The first-order valence-corrected chi connectivity index (χ1v) is 7.47. The maximum atomic E-state index is 12.1. The van der Waals surface area contributed by atoms with E-state index < -0.39 is 0 Å². The molecule has 21 heavy (non-hydrogen) atoms. The summed E-state index contributed by atoms with van der Waals surface area (Å²) in [6, 6.07) is 13.0. The van der Waals surface area contributed by atoms with Gasteiger partial charge in [0.1, 0.15) is 0 Å². The van der Waals surface area contributed by atoms with Crippen LogP contribution in [0.15, 0.2) is 42.5 Å². The third-order valence-corrected chi connectivity index (χ3v) is 3.68. The predicted octanol–water partition coefficient (Wildman–Crippen LogP) is 3.24. The Hall–Kier alpha value is -1.76. The Labute approximate surface area is 137 Å². The van der Waals surface area contributed by atoms with E-state index in [-0.39, 0.29) is 5.91 Å². The molecule has 0 saturated heterocycles. The first-order valence-electron chi connectivity index (χ1n) is 6.39. The summed E-state index contributed by atoms with van der Waals surface area (Å²) in [5.41, 5.74) is 1.51. The monoisotopic (exact) mass is 397 g/mol. The SMILES string of the molecule is COc1cccc(CNC(=O)c2cccc(I)c2)c1OC. The van der Waals surface area contributed by atoms with Crippen LogP contribution in [0.25, 0.3) is 0 Å². The fourth-order valence-corrected chi connectivity index (χ4v) is 2.54. The molecular weight excluding hydrogens is 381 g/mol. The van der Waals surface area contributed by atoms with Crippen LogP contribution in [0.2, 0.25) is 0 Å². The van der Waals surface area contributed by atoms with E-state index in [0.29, 0.717) is 23.6 Å². The third-order valence-electron chi connectivity index (χ3n) is 3.01. The van der Waals surface area contributed by atoms with Crippen molar-refractivity contribution in [1.82, 2.24) is 5.32 Å². The molecule has 0 spiro atoms. The van der Waals surface area contributed by atoms with Gasteiger partial charge in [-0.25, -0.2) is 0 Å². The van der Waals surface area contributed by atoms with E-state index in [1.54, 1.807) is 20.3 Å². The molecule has 0 bridgehead atoms. The summed E-state index contributed by atoms with van der Waals surface area (Å²) in [4.78, 5) is 12.1. The summed E-state index contributed by atoms with van der Waals surface area (Å²) in [5, 5.41) is 2.89. The van der Waals surface area contributed by atoms with Crippen molar-refractivity contribution in [3.63, 3.8) is 0 Å². The average Bonchev–Trinajstić information content (AvgIpc) is 2.51. The Morgan fingerprint density at radius 1 is 1.14 bits per heavy atom. The van der Waals surface area contributed by atoms with Crippen molar-refractivity contribution in [2.24, 2.45) is 0 Å². The number of carbonyl (C=O) groups is 1. The van der Waals surface area contributed by atoms with Gasteiger partial charge in [-0.3, -0.25) is 4.79 Å². The molecule has 5 heteroatoms. The molecule has 0 heterocycles. The number of methoxy groups -OCH3 is 2. The minimum absolute atomic E-state index is 0.113. The number of amides is 1. The van der Waals surface area contributed by atoms with Crippen LogP contribution < -0.4 is 14.8 Å². The Balaban J connectivity index is 2.11. The molecule has 1 N–H and O–H groups in total. The van der Waals surface area contributed by atoms with Crippen molar-refractivity contribution < 1.29 is 14.3 Å². The fraction of sp³-hybridized carbons (Fsp3) is 0.188. The quantitative estimate of drug-likeness (QED) is 0.789. The van der Waals surface area contributed by atoms with Gasteiger partial charge in [0.25, 0.3) is 5.91 Å². The summed E-state index contributed by atoms with van der Waals surface area (Å²) in [5.74, 6) is 1.18. The van der Waals surface area contributed by atoms with Gasteiger partial charge < -0.3 is 14.8 Å². The highest BCUT2D eigenvalue weighted by Gasteiger charge is 2.11. The highest BCUT2D eigenvalue weighted by atomic mass is 127. The minimum Gasteiger partial charge on any atom is -0.493 e. The molecule has 2 aromatic rings. The van der Waals surface area contributed by atoms with Crippen LogP contribution in [-0.4, -0.2) is 20.1 Å². The molecule has 0 aliphatic carbocycles. The Morgan fingerprint density at radius 3 is 2.57 bits per heavy atom. The lowest BCUT2D eigenvalue weighted by atomic mass is 10.1. The van der Waals surface area contributed by atoms with Crippen LogP contribution in [0.3, 0.4) is 0 Å². The normalized spacial score (nSPS) is 10.0. The zero-order valence-electron chi connectivity index (χ0n) is 11.9. The summed E-state index contributed by atoms with van der Waals surface area (Å²) in [6.45, 7) is 0.380. The number of rotatable bonds is 5. The van der Waals surface area contributed by atoms with Gasteiger partial charge in [-0.2, -0.15) is 0 Å². The molecule has 110 valence electrons.